The summed E-state index contributed by atoms with van der Waals surface area (Å²) >= 11 is 6.17. The van der Waals surface area contributed by atoms with Crippen molar-refractivity contribution in [2.75, 3.05) is 26.2 Å². The van der Waals surface area contributed by atoms with Crippen molar-refractivity contribution in [2.45, 2.75) is 52.4 Å². The van der Waals surface area contributed by atoms with Crippen LogP contribution in [-0.2, 0) is 0 Å². The summed E-state index contributed by atoms with van der Waals surface area (Å²) in [6, 6.07) is 4.06. The van der Waals surface area contributed by atoms with Crippen LogP contribution in [-0.4, -0.2) is 31.1 Å². The molecule has 1 aromatic carbocycles. The molecule has 0 atom stereocenters. The van der Waals surface area contributed by atoms with E-state index in [0.717, 1.165) is 34.9 Å². The van der Waals surface area contributed by atoms with Gasteiger partial charge in [0.25, 0.3) is 0 Å². The van der Waals surface area contributed by atoms with Crippen LogP contribution < -0.4 is 4.74 Å². The average Bonchev–Trinajstić information content (AvgIpc) is 2.49. The number of aryl methyl sites for hydroxylation is 2. The normalized spacial score (nSPS) is 16.1. The lowest BCUT2D eigenvalue weighted by Crippen LogP contribution is -2.30. The molecule has 1 saturated heterocycles. The van der Waals surface area contributed by atoms with Crippen molar-refractivity contribution in [2.24, 2.45) is 0 Å². The Kier molecular flexibility index (Phi) is 6.85. The Balaban J connectivity index is 1.59. The van der Waals surface area contributed by atoms with E-state index in [4.69, 9.17) is 16.3 Å². The molecule has 1 fully saturated rings. The summed E-state index contributed by atoms with van der Waals surface area (Å²) < 4.78 is 5.84. The summed E-state index contributed by atoms with van der Waals surface area (Å²) in [6.07, 6.45) is 7.87. The second-order valence-corrected chi connectivity index (χ2v) is 6.56. The molecule has 0 spiro atoms. The minimum Gasteiger partial charge on any atom is -0.494 e. The van der Waals surface area contributed by atoms with E-state index in [0.29, 0.717) is 0 Å². The highest BCUT2D eigenvalue weighted by atomic mass is 35.5. The number of hydrogen-bond acceptors (Lipinski definition) is 2. The second kappa shape index (κ2) is 8.65. The molecule has 21 heavy (non-hydrogen) atoms. The molecule has 0 unspecified atom stereocenters. The van der Waals surface area contributed by atoms with E-state index in [1.54, 1.807) is 0 Å². The lowest BCUT2D eigenvalue weighted by atomic mass is 10.1. The van der Waals surface area contributed by atoms with Crippen LogP contribution in [0, 0.1) is 13.8 Å². The van der Waals surface area contributed by atoms with Crippen LogP contribution in [0.1, 0.15) is 49.7 Å². The molecular weight excluding hydrogens is 282 g/mol. The summed E-state index contributed by atoms with van der Waals surface area (Å²) in [7, 11) is 0. The number of hydrogen-bond donors (Lipinski definition) is 0. The molecule has 0 aliphatic carbocycles. The van der Waals surface area contributed by atoms with Gasteiger partial charge in [-0.15, -0.1) is 0 Å². The number of ether oxygens (including phenoxy) is 1. The average molecular weight is 310 g/mol. The molecule has 0 saturated carbocycles. The molecule has 2 rings (SSSR count). The third kappa shape index (κ3) is 5.52. The van der Waals surface area contributed by atoms with Crippen molar-refractivity contribution >= 4 is 11.6 Å². The zero-order chi connectivity index (χ0) is 15.1. The van der Waals surface area contributed by atoms with E-state index in [-0.39, 0.29) is 0 Å². The van der Waals surface area contributed by atoms with E-state index in [9.17, 15) is 0 Å². The number of benzene rings is 1. The van der Waals surface area contributed by atoms with E-state index in [2.05, 4.69) is 4.90 Å². The molecule has 1 heterocycles. The molecule has 1 aromatic rings. The molecule has 0 amide bonds. The predicted octanol–water partition coefficient (Wildman–Crippen LogP) is 4.99. The number of unbranched alkanes of at least 4 members (excludes halogenated alkanes) is 2. The zero-order valence-electron chi connectivity index (χ0n) is 13.5. The molecule has 118 valence electrons. The third-order valence-electron chi connectivity index (χ3n) is 4.25. The van der Waals surface area contributed by atoms with Crippen LogP contribution >= 0.6 is 11.6 Å². The van der Waals surface area contributed by atoms with Crippen molar-refractivity contribution in [1.29, 1.82) is 0 Å². The summed E-state index contributed by atoms with van der Waals surface area (Å²) in [5.41, 5.74) is 2.19. The Morgan fingerprint density at radius 3 is 2.33 bits per heavy atom. The van der Waals surface area contributed by atoms with Gasteiger partial charge < -0.3 is 9.64 Å². The number of piperidine rings is 1. The van der Waals surface area contributed by atoms with Gasteiger partial charge in [0.2, 0.25) is 0 Å². The van der Waals surface area contributed by atoms with E-state index >= 15 is 0 Å². The monoisotopic (exact) mass is 309 g/mol. The van der Waals surface area contributed by atoms with Gasteiger partial charge >= 0.3 is 0 Å². The van der Waals surface area contributed by atoms with Gasteiger partial charge in [-0.05, 0) is 88.8 Å². The smallest absolute Gasteiger partial charge is 0.119 e. The Morgan fingerprint density at radius 2 is 1.67 bits per heavy atom. The van der Waals surface area contributed by atoms with Gasteiger partial charge in [0, 0.05) is 5.02 Å². The molecule has 3 heteroatoms. The Bertz CT molecular complexity index is 418. The number of rotatable bonds is 7. The van der Waals surface area contributed by atoms with Crippen LogP contribution in [0.5, 0.6) is 5.75 Å². The van der Waals surface area contributed by atoms with Gasteiger partial charge in [-0.1, -0.05) is 18.0 Å². The van der Waals surface area contributed by atoms with Crippen molar-refractivity contribution in [3.63, 3.8) is 0 Å². The fraction of sp³-hybridized carbons (Fsp3) is 0.667. The minimum absolute atomic E-state index is 0.806. The molecule has 0 bridgehead atoms. The molecular formula is C18H28ClNO. The fourth-order valence-electron chi connectivity index (χ4n) is 2.98. The largest absolute Gasteiger partial charge is 0.494 e. The first-order valence-corrected chi connectivity index (χ1v) is 8.66. The standard InChI is InChI=1S/C18H28ClNO/c1-15-13-17(14-16(2)18(15)19)21-12-8-4-7-11-20-9-5-3-6-10-20/h13-14H,3-12H2,1-2H3. The maximum atomic E-state index is 6.17. The number of nitrogens with zero attached hydrogens (tertiary/aromatic N) is 1. The summed E-state index contributed by atoms with van der Waals surface area (Å²) in [4.78, 5) is 2.61. The van der Waals surface area contributed by atoms with Crippen molar-refractivity contribution in [3.05, 3.63) is 28.3 Å². The van der Waals surface area contributed by atoms with Gasteiger partial charge in [0.1, 0.15) is 5.75 Å². The molecule has 0 N–H and O–H groups in total. The first-order valence-electron chi connectivity index (χ1n) is 8.29. The molecule has 0 radical (unpaired) electrons. The molecule has 0 aromatic heterocycles. The van der Waals surface area contributed by atoms with E-state index in [1.165, 1.54) is 51.7 Å². The highest BCUT2D eigenvalue weighted by molar-refractivity contribution is 6.32. The quantitative estimate of drug-likeness (QED) is 0.658. The summed E-state index contributed by atoms with van der Waals surface area (Å²) in [6.45, 7) is 8.74. The zero-order valence-corrected chi connectivity index (χ0v) is 14.2. The minimum atomic E-state index is 0.806. The van der Waals surface area contributed by atoms with E-state index in [1.807, 2.05) is 26.0 Å². The van der Waals surface area contributed by atoms with Crippen molar-refractivity contribution in [1.82, 2.24) is 4.90 Å². The Hall–Kier alpha value is -0.730. The van der Waals surface area contributed by atoms with Crippen LogP contribution in [0.3, 0.4) is 0 Å². The van der Waals surface area contributed by atoms with E-state index < -0.39 is 0 Å². The molecule has 1 aliphatic heterocycles. The Morgan fingerprint density at radius 1 is 1.00 bits per heavy atom. The highest BCUT2D eigenvalue weighted by Gasteiger charge is 2.08. The van der Waals surface area contributed by atoms with Crippen LogP contribution in [0.2, 0.25) is 5.02 Å². The molecule has 2 nitrogen and oxygen atoms in total. The van der Waals surface area contributed by atoms with Gasteiger partial charge in [0.05, 0.1) is 6.61 Å². The molecule has 1 aliphatic rings. The lowest BCUT2D eigenvalue weighted by Gasteiger charge is -2.26. The lowest BCUT2D eigenvalue weighted by molar-refractivity contribution is 0.221. The van der Waals surface area contributed by atoms with Crippen LogP contribution in [0.4, 0.5) is 0 Å². The van der Waals surface area contributed by atoms with Crippen LogP contribution in [0.15, 0.2) is 12.1 Å². The fourth-order valence-corrected chi connectivity index (χ4v) is 3.09. The highest BCUT2D eigenvalue weighted by Crippen LogP contribution is 2.25. The topological polar surface area (TPSA) is 12.5 Å². The SMILES string of the molecule is Cc1cc(OCCCCCN2CCCCC2)cc(C)c1Cl. The first-order chi connectivity index (χ1) is 10.2. The van der Waals surface area contributed by atoms with Crippen molar-refractivity contribution < 1.29 is 4.74 Å². The third-order valence-corrected chi connectivity index (χ3v) is 4.84. The second-order valence-electron chi connectivity index (χ2n) is 6.18. The van der Waals surface area contributed by atoms with Crippen molar-refractivity contribution in [3.8, 4) is 5.75 Å². The first kappa shape index (κ1) is 16.6. The maximum absolute atomic E-state index is 6.17. The summed E-state index contributed by atoms with van der Waals surface area (Å²) in [5.74, 6) is 0.949. The maximum Gasteiger partial charge on any atom is 0.119 e. The summed E-state index contributed by atoms with van der Waals surface area (Å²) in [5, 5.41) is 0.851. The van der Waals surface area contributed by atoms with Gasteiger partial charge in [-0.25, -0.2) is 0 Å². The number of likely N-dealkylation sites (tertiary alicyclic amines) is 1. The number of halogens is 1. The van der Waals surface area contributed by atoms with Gasteiger partial charge in [0.15, 0.2) is 0 Å². The Labute approximate surface area is 134 Å². The van der Waals surface area contributed by atoms with Gasteiger partial charge in [-0.2, -0.15) is 0 Å². The van der Waals surface area contributed by atoms with Gasteiger partial charge in [-0.3, -0.25) is 0 Å². The predicted molar refractivity (Wildman–Crippen MR) is 90.6 cm³/mol. The van der Waals surface area contributed by atoms with Crippen LogP contribution in [0.25, 0.3) is 0 Å².